The Labute approximate surface area is 123 Å². The van der Waals surface area contributed by atoms with E-state index in [1.165, 1.54) is 12.2 Å². The molecule has 0 aromatic heterocycles. The summed E-state index contributed by atoms with van der Waals surface area (Å²) >= 11 is 0. The molecule has 1 aromatic carbocycles. The molecule has 0 bridgehead atoms. The molecule has 0 saturated carbocycles. The summed E-state index contributed by atoms with van der Waals surface area (Å²) in [7, 11) is 0. The third-order valence-corrected chi connectivity index (χ3v) is 3.08. The summed E-state index contributed by atoms with van der Waals surface area (Å²) in [4.78, 5) is 12.0. The number of rotatable bonds is 6. The van der Waals surface area contributed by atoms with Crippen LogP contribution in [0.25, 0.3) is 0 Å². The minimum absolute atomic E-state index is 0.0815. The number of aliphatic hydroxyl groups is 2. The normalized spacial score (nSPS) is 21.3. The third kappa shape index (κ3) is 4.41. The number of ketones is 1. The number of aliphatic hydroxyl groups excluding tert-OH is 1. The number of allylic oxidation sites excluding steroid dienone is 3. The smallest absolute Gasteiger partial charge is 0.185 e. The first-order chi connectivity index (χ1) is 10.1. The summed E-state index contributed by atoms with van der Waals surface area (Å²) < 4.78 is 5.30. The second-order valence-electron chi connectivity index (χ2n) is 4.80. The Balaban J connectivity index is 2.02. The highest BCUT2D eigenvalue weighted by atomic mass is 16.5. The fourth-order valence-corrected chi connectivity index (χ4v) is 2.03. The third-order valence-electron chi connectivity index (χ3n) is 3.08. The van der Waals surface area contributed by atoms with Crippen molar-refractivity contribution in [3.05, 3.63) is 72.0 Å². The van der Waals surface area contributed by atoms with Crippen LogP contribution in [-0.4, -0.2) is 34.8 Å². The topological polar surface area (TPSA) is 66.8 Å². The van der Waals surface area contributed by atoms with E-state index in [0.717, 1.165) is 0 Å². The van der Waals surface area contributed by atoms with E-state index in [1.807, 2.05) is 6.07 Å². The zero-order chi connectivity index (χ0) is 15.1. The number of hydrogen-bond acceptors (Lipinski definition) is 4. The van der Waals surface area contributed by atoms with Gasteiger partial charge in [0.2, 0.25) is 0 Å². The van der Waals surface area contributed by atoms with Gasteiger partial charge in [-0.05, 0) is 24.3 Å². The number of benzene rings is 1. The second-order valence-corrected chi connectivity index (χ2v) is 4.80. The lowest BCUT2D eigenvalue weighted by atomic mass is 9.93. The van der Waals surface area contributed by atoms with Crippen LogP contribution in [-0.2, 0) is 4.74 Å². The molecule has 0 saturated heterocycles. The van der Waals surface area contributed by atoms with Gasteiger partial charge in [-0.1, -0.05) is 36.4 Å². The molecule has 1 aromatic rings. The maximum atomic E-state index is 12.0. The first kappa shape index (κ1) is 15.2. The van der Waals surface area contributed by atoms with Crippen LogP contribution in [0.2, 0.25) is 0 Å². The minimum atomic E-state index is -1.25. The SMILES string of the molecule is O=C(C=CC1(O)C=CC=C(OCCO)C1)c1ccccc1. The Bertz CT molecular complexity index is 572. The Morgan fingerprint density at radius 1 is 1.33 bits per heavy atom. The standard InChI is InChI=1S/C17H18O4/c18-11-12-21-15-7-4-9-17(20,13-15)10-8-16(19)14-5-2-1-3-6-14/h1-10,18,20H,11-13H2. The average molecular weight is 286 g/mol. The van der Waals surface area contributed by atoms with E-state index < -0.39 is 5.60 Å². The summed E-state index contributed by atoms with van der Waals surface area (Å²) in [5.74, 6) is 0.413. The van der Waals surface area contributed by atoms with E-state index in [-0.39, 0.29) is 25.4 Å². The van der Waals surface area contributed by atoms with Gasteiger partial charge in [0.1, 0.15) is 12.2 Å². The Morgan fingerprint density at radius 2 is 2.10 bits per heavy atom. The minimum Gasteiger partial charge on any atom is -0.495 e. The lowest BCUT2D eigenvalue weighted by molar-refractivity contribution is 0.0884. The fourth-order valence-electron chi connectivity index (χ4n) is 2.03. The molecular formula is C17H18O4. The lowest BCUT2D eigenvalue weighted by Crippen LogP contribution is -2.26. The summed E-state index contributed by atoms with van der Waals surface area (Å²) in [6, 6.07) is 8.87. The molecule has 0 radical (unpaired) electrons. The van der Waals surface area contributed by atoms with Crippen molar-refractivity contribution in [2.24, 2.45) is 0 Å². The molecule has 21 heavy (non-hydrogen) atoms. The molecule has 2 rings (SSSR count). The number of carbonyl (C=O) groups excluding carboxylic acids is 1. The predicted molar refractivity (Wildman–Crippen MR) is 79.7 cm³/mol. The van der Waals surface area contributed by atoms with Gasteiger partial charge in [0.15, 0.2) is 5.78 Å². The molecule has 1 unspecified atom stereocenters. The van der Waals surface area contributed by atoms with Crippen molar-refractivity contribution >= 4 is 5.78 Å². The van der Waals surface area contributed by atoms with Crippen molar-refractivity contribution in [2.75, 3.05) is 13.2 Å². The van der Waals surface area contributed by atoms with Gasteiger partial charge in [-0.25, -0.2) is 0 Å². The molecule has 110 valence electrons. The Hall–Kier alpha value is -2.17. The second kappa shape index (κ2) is 7.02. The summed E-state index contributed by atoms with van der Waals surface area (Å²) in [5.41, 5.74) is -0.673. The van der Waals surface area contributed by atoms with E-state index in [1.54, 1.807) is 42.5 Å². The maximum absolute atomic E-state index is 12.0. The van der Waals surface area contributed by atoms with Gasteiger partial charge in [-0.3, -0.25) is 4.79 Å². The molecule has 0 spiro atoms. The fraction of sp³-hybridized carbons (Fsp3) is 0.235. The van der Waals surface area contributed by atoms with Crippen LogP contribution in [0, 0.1) is 0 Å². The van der Waals surface area contributed by atoms with Gasteiger partial charge in [0, 0.05) is 12.0 Å². The van der Waals surface area contributed by atoms with Crippen molar-refractivity contribution in [1.82, 2.24) is 0 Å². The molecule has 0 amide bonds. The molecule has 0 fully saturated rings. The van der Waals surface area contributed by atoms with Gasteiger partial charge in [0.25, 0.3) is 0 Å². The van der Waals surface area contributed by atoms with Crippen molar-refractivity contribution in [3.8, 4) is 0 Å². The first-order valence-electron chi connectivity index (χ1n) is 6.76. The predicted octanol–water partition coefficient (Wildman–Crippen LogP) is 2.01. The maximum Gasteiger partial charge on any atom is 0.185 e. The molecule has 1 aliphatic carbocycles. The monoisotopic (exact) mass is 286 g/mol. The molecular weight excluding hydrogens is 268 g/mol. The molecule has 2 N–H and O–H groups in total. The molecule has 0 heterocycles. The number of ether oxygens (including phenoxy) is 1. The highest BCUT2D eigenvalue weighted by molar-refractivity contribution is 6.04. The van der Waals surface area contributed by atoms with Crippen molar-refractivity contribution in [2.45, 2.75) is 12.0 Å². The van der Waals surface area contributed by atoms with Crippen LogP contribution in [0.4, 0.5) is 0 Å². The van der Waals surface area contributed by atoms with Crippen LogP contribution >= 0.6 is 0 Å². The van der Waals surface area contributed by atoms with E-state index in [9.17, 15) is 9.90 Å². The van der Waals surface area contributed by atoms with E-state index in [0.29, 0.717) is 11.3 Å². The molecule has 4 heteroatoms. The number of hydrogen-bond donors (Lipinski definition) is 2. The van der Waals surface area contributed by atoms with Gasteiger partial charge in [-0.15, -0.1) is 0 Å². The quantitative estimate of drug-likeness (QED) is 0.620. The molecule has 4 nitrogen and oxygen atoms in total. The van der Waals surface area contributed by atoms with Crippen LogP contribution in [0.15, 0.2) is 66.5 Å². The van der Waals surface area contributed by atoms with Crippen LogP contribution in [0.5, 0.6) is 0 Å². The van der Waals surface area contributed by atoms with Crippen LogP contribution < -0.4 is 0 Å². The van der Waals surface area contributed by atoms with Crippen molar-refractivity contribution < 1.29 is 19.7 Å². The lowest BCUT2D eigenvalue weighted by Gasteiger charge is -2.24. The molecule has 1 aliphatic rings. The van der Waals surface area contributed by atoms with Gasteiger partial charge < -0.3 is 14.9 Å². The summed E-state index contributed by atoms with van der Waals surface area (Å²) in [6.07, 6.45) is 8.09. The van der Waals surface area contributed by atoms with E-state index in [2.05, 4.69) is 0 Å². The zero-order valence-electron chi connectivity index (χ0n) is 11.6. The van der Waals surface area contributed by atoms with E-state index in [4.69, 9.17) is 9.84 Å². The molecule has 1 atom stereocenters. The number of carbonyl (C=O) groups is 1. The summed E-state index contributed by atoms with van der Waals surface area (Å²) in [6.45, 7) is 0.101. The van der Waals surface area contributed by atoms with E-state index >= 15 is 0 Å². The van der Waals surface area contributed by atoms with Crippen molar-refractivity contribution in [1.29, 1.82) is 0 Å². The van der Waals surface area contributed by atoms with Crippen LogP contribution in [0.1, 0.15) is 16.8 Å². The Morgan fingerprint density at radius 3 is 2.81 bits per heavy atom. The van der Waals surface area contributed by atoms with Gasteiger partial charge in [-0.2, -0.15) is 0 Å². The largest absolute Gasteiger partial charge is 0.495 e. The van der Waals surface area contributed by atoms with Gasteiger partial charge >= 0.3 is 0 Å². The van der Waals surface area contributed by atoms with Gasteiger partial charge in [0.05, 0.1) is 12.4 Å². The molecule has 0 aliphatic heterocycles. The zero-order valence-corrected chi connectivity index (χ0v) is 11.6. The summed E-state index contributed by atoms with van der Waals surface area (Å²) in [5, 5.41) is 19.2. The van der Waals surface area contributed by atoms with Crippen molar-refractivity contribution in [3.63, 3.8) is 0 Å². The average Bonchev–Trinajstić information content (AvgIpc) is 2.52. The first-order valence-corrected chi connectivity index (χ1v) is 6.76. The van der Waals surface area contributed by atoms with Crippen LogP contribution in [0.3, 0.4) is 0 Å². The Kier molecular flexibility index (Phi) is 5.09. The highest BCUT2D eigenvalue weighted by Crippen LogP contribution is 2.25. The highest BCUT2D eigenvalue weighted by Gasteiger charge is 2.25.